The van der Waals surface area contributed by atoms with Gasteiger partial charge in [-0.05, 0) is 24.3 Å². The highest BCUT2D eigenvalue weighted by Gasteiger charge is 2.24. The van der Waals surface area contributed by atoms with Crippen LogP contribution >= 0.6 is 0 Å². The number of aromatic nitrogens is 2. The van der Waals surface area contributed by atoms with Gasteiger partial charge in [-0.2, -0.15) is 0 Å². The van der Waals surface area contributed by atoms with Crippen LogP contribution in [0.2, 0.25) is 0 Å². The molecule has 0 saturated heterocycles. The van der Waals surface area contributed by atoms with Crippen LogP contribution in [-0.2, 0) is 6.54 Å². The number of fused-ring (bicyclic) bond motifs is 2. The SMILES string of the molecule is C[NH+](Cc1nc2ccccc2c(=O)[nH]1)C[C@H]1COc2ccccc2O1. The highest BCUT2D eigenvalue weighted by molar-refractivity contribution is 5.77. The summed E-state index contributed by atoms with van der Waals surface area (Å²) in [6.45, 7) is 1.89. The Kier molecular flexibility index (Phi) is 4.11. The summed E-state index contributed by atoms with van der Waals surface area (Å²) in [6.07, 6.45) is -0.0259. The maximum absolute atomic E-state index is 12.2. The smallest absolute Gasteiger partial charge is 0.258 e. The second kappa shape index (κ2) is 6.57. The minimum atomic E-state index is -0.0976. The zero-order chi connectivity index (χ0) is 17.2. The van der Waals surface area contributed by atoms with Gasteiger partial charge in [0.15, 0.2) is 23.4 Å². The molecule has 6 nitrogen and oxygen atoms in total. The molecule has 0 aliphatic carbocycles. The van der Waals surface area contributed by atoms with E-state index < -0.39 is 0 Å². The maximum Gasteiger partial charge on any atom is 0.258 e. The summed E-state index contributed by atoms with van der Waals surface area (Å²) >= 11 is 0. The number of benzene rings is 2. The molecule has 128 valence electrons. The molecule has 0 radical (unpaired) electrons. The number of rotatable bonds is 4. The molecule has 0 fully saturated rings. The lowest BCUT2D eigenvalue weighted by molar-refractivity contribution is -0.897. The van der Waals surface area contributed by atoms with Gasteiger partial charge in [-0.15, -0.1) is 0 Å². The zero-order valence-corrected chi connectivity index (χ0v) is 14.0. The molecule has 1 aromatic heterocycles. The van der Waals surface area contributed by atoms with Gasteiger partial charge in [0.25, 0.3) is 5.56 Å². The number of nitrogens with zero attached hydrogens (tertiary/aromatic N) is 1. The Hall–Kier alpha value is -2.86. The van der Waals surface area contributed by atoms with Crippen LogP contribution in [0.5, 0.6) is 11.5 Å². The fraction of sp³-hybridized carbons (Fsp3) is 0.263. The molecule has 3 aromatic rings. The molecule has 1 unspecified atom stereocenters. The topological polar surface area (TPSA) is 68.7 Å². The molecule has 2 atom stereocenters. The molecule has 0 spiro atoms. The van der Waals surface area contributed by atoms with E-state index in [1.807, 2.05) is 42.5 Å². The number of hydrogen-bond donors (Lipinski definition) is 2. The van der Waals surface area contributed by atoms with Crippen LogP contribution in [0, 0.1) is 0 Å². The number of hydrogen-bond acceptors (Lipinski definition) is 4. The number of H-pyrrole nitrogens is 1. The van der Waals surface area contributed by atoms with Gasteiger partial charge in [0.1, 0.15) is 19.7 Å². The highest BCUT2D eigenvalue weighted by Crippen LogP contribution is 2.30. The van der Waals surface area contributed by atoms with Crippen molar-refractivity contribution >= 4 is 10.9 Å². The lowest BCUT2D eigenvalue weighted by Gasteiger charge is -2.27. The Morgan fingerprint density at radius 2 is 1.92 bits per heavy atom. The predicted octanol–water partition coefficient (Wildman–Crippen LogP) is 0.778. The van der Waals surface area contributed by atoms with Crippen LogP contribution in [0.4, 0.5) is 0 Å². The van der Waals surface area contributed by atoms with E-state index in [0.29, 0.717) is 24.4 Å². The van der Waals surface area contributed by atoms with E-state index in [9.17, 15) is 4.79 Å². The van der Waals surface area contributed by atoms with Gasteiger partial charge < -0.3 is 19.4 Å². The van der Waals surface area contributed by atoms with E-state index in [2.05, 4.69) is 17.0 Å². The monoisotopic (exact) mass is 338 g/mol. The molecule has 4 rings (SSSR count). The second-order valence-electron chi connectivity index (χ2n) is 6.37. The first-order valence-electron chi connectivity index (χ1n) is 8.37. The van der Waals surface area contributed by atoms with Crippen LogP contribution in [-0.4, -0.2) is 36.3 Å². The van der Waals surface area contributed by atoms with Crippen molar-refractivity contribution in [3.63, 3.8) is 0 Å². The van der Waals surface area contributed by atoms with Gasteiger partial charge in [0.05, 0.1) is 18.0 Å². The number of para-hydroxylation sites is 3. The average Bonchev–Trinajstić information content (AvgIpc) is 2.61. The number of quaternary nitrogens is 1. The lowest BCUT2D eigenvalue weighted by atomic mass is 10.2. The molecular weight excluding hydrogens is 318 g/mol. The summed E-state index contributed by atoms with van der Waals surface area (Å²) in [5.41, 5.74) is 0.625. The van der Waals surface area contributed by atoms with E-state index in [1.54, 1.807) is 6.07 Å². The molecule has 0 bridgehead atoms. The van der Waals surface area contributed by atoms with Crippen molar-refractivity contribution in [3.05, 3.63) is 64.7 Å². The maximum atomic E-state index is 12.2. The van der Waals surface area contributed by atoms with Crippen LogP contribution in [0.25, 0.3) is 10.9 Å². The zero-order valence-electron chi connectivity index (χ0n) is 14.0. The van der Waals surface area contributed by atoms with E-state index >= 15 is 0 Å². The van der Waals surface area contributed by atoms with Crippen LogP contribution in [0.3, 0.4) is 0 Å². The van der Waals surface area contributed by atoms with Crippen molar-refractivity contribution in [2.24, 2.45) is 0 Å². The molecule has 6 heteroatoms. The fourth-order valence-corrected chi connectivity index (χ4v) is 3.13. The van der Waals surface area contributed by atoms with Crippen LogP contribution in [0.15, 0.2) is 53.3 Å². The largest absolute Gasteiger partial charge is 0.486 e. The first-order chi connectivity index (χ1) is 12.2. The van der Waals surface area contributed by atoms with Gasteiger partial charge >= 0.3 is 0 Å². The number of nitrogens with one attached hydrogen (secondary N) is 2. The first-order valence-corrected chi connectivity index (χ1v) is 8.37. The Morgan fingerprint density at radius 1 is 1.16 bits per heavy atom. The molecule has 0 amide bonds. The van der Waals surface area contributed by atoms with Gasteiger partial charge in [-0.25, -0.2) is 4.98 Å². The van der Waals surface area contributed by atoms with Crippen molar-refractivity contribution in [2.45, 2.75) is 12.6 Å². The Bertz CT molecular complexity index is 954. The van der Waals surface area contributed by atoms with Crippen molar-refractivity contribution in [3.8, 4) is 11.5 Å². The van der Waals surface area contributed by atoms with Gasteiger partial charge in [0, 0.05) is 0 Å². The van der Waals surface area contributed by atoms with Gasteiger partial charge in [0.2, 0.25) is 0 Å². The van der Waals surface area contributed by atoms with E-state index in [1.165, 1.54) is 4.90 Å². The minimum absolute atomic E-state index is 0.0259. The fourth-order valence-electron chi connectivity index (χ4n) is 3.13. The lowest BCUT2D eigenvalue weighted by Crippen LogP contribution is -3.09. The molecule has 1 aliphatic heterocycles. The van der Waals surface area contributed by atoms with Crippen molar-refractivity contribution in [1.29, 1.82) is 0 Å². The third-order valence-electron chi connectivity index (χ3n) is 4.27. The third kappa shape index (κ3) is 3.34. The summed E-state index contributed by atoms with van der Waals surface area (Å²) in [6, 6.07) is 15.1. The Balaban J connectivity index is 1.44. The standard InChI is InChI=1S/C19H19N3O3/c1-22(10-13-12-24-16-8-4-5-9-17(16)25-13)11-18-20-15-7-3-2-6-14(15)19(23)21-18/h2-9,13H,10-12H2,1H3,(H,20,21,23)/p+1/t13-/m0/s1. The number of likely N-dealkylation sites (N-methyl/N-ethyl adjacent to an activating group) is 1. The van der Waals surface area contributed by atoms with Crippen LogP contribution < -0.4 is 19.9 Å². The molecule has 2 aromatic carbocycles. The summed E-state index contributed by atoms with van der Waals surface area (Å²) in [5.74, 6) is 2.25. The molecular formula is C19H20N3O3+. The summed E-state index contributed by atoms with van der Waals surface area (Å²) in [4.78, 5) is 20.8. The molecule has 2 N–H and O–H groups in total. The molecule has 2 heterocycles. The third-order valence-corrected chi connectivity index (χ3v) is 4.27. The predicted molar refractivity (Wildman–Crippen MR) is 94.2 cm³/mol. The normalized spacial score (nSPS) is 17.4. The Labute approximate surface area is 145 Å². The minimum Gasteiger partial charge on any atom is -0.486 e. The highest BCUT2D eigenvalue weighted by atomic mass is 16.6. The first kappa shape index (κ1) is 15.7. The quantitative estimate of drug-likeness (QED) is 0.738. The Morgan fingerprint density at radius 3 is 2.80 bits per heavy atom. The number of ether oxygens (including phenoxy) is 2. The van der Waals surface area contributed by atoms with Crippen molar-refractivity contribution in [1.82, 2.24) is 9.97 Å². The molecule has 25 heavy (non-hydrogen) atoms. The van der Waals surface area contributed by atoms with E-state index in [0.717, 1.165) is 23.6 Å². The van der Waals surface area contributed by atoms with Crippen molar-refractivity contribution < 1.29 is 14.4 Å². The van der Waals surface area contributed by atoms with Gasteiger partial charge in [-0.1, -0.05) is 24.3 Å². The van der Waals surface area contributed by atoms with E-state index in [4.69, 9.17) is 9.47 Å². The van der Waals surface area contributed by atoms with Gasteiger partial charge in [-0.3, -0.25) is 4.79 Å². The summed E-state index contributed by atoms with van der Waals surface area (Å²) in [5, 5.41) is 0.615. The summed E-state index contributed by atoms with van der Waals surface area (Å²) in [7, 11) is 2.05. The molecule has 1 aliphatic rings. The summed E-state index contributed by atoms with van der Waals surface area (Å²) < 4.78 is 11.7. The van der Waals surface area contributed by atoms with Crippen molar-refractivity contribution in [2.75, 3.05) is 20.2 Å². The molecule has 0 saturated carbocycles. The second-order valence-corrected chi connectivity index (χ2v) is 6.37. The van der Waals surface area contributed by atoms with Crippen LogP contribution in [0.1, 0.15) is 5.82 Å². The number of aromatic amines is 1. The van der Waals surface area contributed by atoms with E-state index in [-0.39, 0.29) is 11.7 Å². The average molecular weight is 338 g/mol.